The molecule has 0 aliphatic rings. The number of hydrogen-bond donors (Lipinski definition) is 1. The van der Waals surface area contributed by atoms with Crippen molar-refractivity contribution in [2.75, 3.05) is 0 Å². The van der Waals surface area contributed by atoms with Gasteiger partial charge in [-0.3, -0.25) is 4.79 Å². The van der Waals surface area contributed by atoms with E-state index in [1.807, 2.05) is 45.0 Å². The quantitative estimate of drug-likeness (QED) is 0.652. The van der Waals surface area contributed by atoms with Gasteiger partial charge >= 0.3 is 0 Å². The Morgan fingerprint density at radius 2 is 1.68 bits per heavy atom. The second-order valence-corrected chi connectivity index (χ2v) is 6.18. The van der Waals surface area contributed by atoms with E-state index in [1.165, 1.54) is 5.56 Å². The number of amides is 1. The largest absolute Gasteiger partial charge is 0.271 e. The number of rotatable bonds is 3. The highest BCUT2D eigenvalue weighted by atomic mass is 16.2. The van der Waals surface area contributed by atoms with E-state index >= 15 is 0 Å². The van der Waals surface area contributed by atoms with Gasteiger partial charge in [0.2, 0.25) is 0 Å². The highest BCUT2D eigenvalue weighted by molar-refractivity contribution is 5.95. The first-order chi connectivity index (χ1) is 8.71. The predicted octanol–water partition coefficient (Wildman–Crippen LogP) is 3.75. The molecule has 1 rings (SSSR count). The molecule has 0 radical (unpaired) electrons. The molecule has 0 bridgehead atoms. The summed E-state index contributed by atoms with van der Waals surface area (Å²) in [4.78, 5) is 11.9. The van der Waals surface area contributed by atoms with Crippen LogP contribution in [0.15, 0.2) is 29.4 Å². The van der Waals surface area contributed by atoms with Crippen LogP contribution in [0.4, 0.5) is 0 Å². The summed E-state index contributed by atoms with van der Waals surface area (Å²) < 4.78 is 0. The van der Waals surface area contributed by atoms with Gasteiger partial charge in [0.1, 0.15) is 0 Å². The first kappa shape index (κ1) is 15.4. The van der Waals surface area contributed by atoms with E-state index in [-0.39, 0.29) is 11.3 Å². The number of nitrogens with zero attached hydrogens (tertiary/aromatic N) is 1. The van der Waals surface area contributed by atoms with E-state index < -0.39 is 0 Å². The second-order valence-electron chi connectivity index (χ2n) is 6.18. The van der Waals surface area contributed by atoms with E-state index in [1.54, 1.807) is 0 Å². The third kappa shape index (κ3) is 4.51. The third-order valence-corrected chi connectivity index (χ3v) is 3.18. The van der Waals surface area contributed by atoms with Crippen LogP contribution in [0.5, 0.6) is 0 Å². The topological polar surface area (TPSA) is 41.5 Å². The van der Waals surface area contributed by atoms with Crippen molar-refractivity contribution in [2.45, 2.75) is 47.0 Å². The lowest BCUT2D eigenvalue weighted by Crippen LogP contribution is -2.20. The zero-order chi connectivity index (χ0) is 14.6. The summed E-state index contributed by atoms with van der Waals surface area (Å²) in [5.74, 6) is 0.170. The molecule has 0 atom stereocenters. The van der Waals surface area contributed by atoms with Crippen LogP contribution in [0.3, 0.4) is 0 Å². The van der Waals surface area contributed by atoms with Crippen LogP contribution in [-0.4, -0.2) is 11.6 Å². The Bertz CT molecular complexity index is 465. The van der Waals surface area contributed by atoms with Gasteiger partial charge in [-0.05, 0) is 36.0 Å². The molecule has 0 spiro atoms. The van der Waals surface area contributed by atoms with Crippen LogP contribution >= 0.6 is 0 Å². The minimum absolute atomic E-state index is 0.0986. The molecule has 19 heavy (non-hydrogen) atoms. The number of nitrogens with one attached hydrogen (secondary N) is 1. The Morgan fingerprint density at radius 1 is 1.16 bits per heavy atom. The maximum atomic E-state index is 11.9. The summed E-state index contributed by atoms with van der Waals surface area (Å²) in [6, 6.07) is 7.67. The van der Waals surface area contributed by atoms with E-state index in [4.69, 9.17) is 0 Å². The molecule has 3 heteroatoms. The fraction of sp³-hybridized carbons (Fsp3) is 0.500. The summed E-state index contributed by atoms with van der Waals surface area (Å²) in [6.45, 7) is 12.5. The highest BCUT2D eigenvalue weighted by Gasteiger charge is 2.14. The molecule has 104 valence electrons. The monoisotopic (exact) mass is 260 g/mol. The summed E-state index contributed by atoms with van der Waals surface area (Å²) in [6.07, 6.45) is 0. The van der Waals surface area contributed by atoms with Crippen molar-refractivity contribution < 1.29 is 4.79 Å². The van der Waals surface area contributed by atoms with Crippen LogP contribution in [0.1, 0.15) is 57.5 Å². The van der Waals surface area contributed by atoms with Crippen LogP contribution in [-0.2, 0) is 5.41 Å². The van der Waals surface area contributed by atoms with Gasteiger partial charge in [-0.1, -0.05) is 46.8 Å². The molecule has 0 heterocycles. The zero-order valence-corrected chi connectivity index (χ0v) is 12.7. The maximum Gasteiger partial charge on any atom is 0.271 e. The fourth-order valence-electron chi connectivity index (χ4n) is 1.45. The molecule has 1 N–H and O–H groups in total. The first-order valence-corrected chi connectivity index (χ1v) is 6.67. The Morgan fingerprint density at radius 3 is 2.11 bits per heavy atom. The highest BCUT2D eigenvalue weighted by Crippen LogP contribution is 2.22. The lowest BCUT2D eigenvalue weighted by molar-refractivity contribution is 0.0954. The van der Waals surface area contributed by atoms with E-state index in [0.29, 0.717) is 11.5 Å². The van der Waals surface area contributed by atoms with Crippen molar-refractivity contribution in [1.29, 1.82) is 0 Å². The number of carbonyl (C=O) groups is 1. The third-order valence-electron chi connectivity index (χ3n) is 3.18. The molecule has 0 saturated carbocycles. The first-order valence-electron chi connectivity index (χ1n) is 6.67. The van der Waals surface area contributed by atoms with Crippen molar-refractivity contribution in [1.82, 2.24) is 5.43 Å². The van der Waals surface area contributed by atoms with Crippen molar-refractivity contribution in [3.63, 3.8) is 0 Å². The van der Waals surface area contributed by atoms with Crippen molar-refractivity contribution in [2.24, 2.45) is 11.0 Å². The lowest BCUT2D eigenvalue weighted by atomic mass is 9.87. The van der Waals surface area contributed by atoms with Gasteiger partial charge in [0.25, 0.3) is 5.91 Å². The van der Waals surface area contributed by atoms with Gasteiger partial charge in [-0.2, -0.15) is 5.10 Å². The Balaban J connectivity index is 2.77. The van der Waals surface area contributed by atoms with Crippen LogP contribution < -0.4 is 5.43 Å². The molecular formula is C16H24N2O. The molecule has 1 aromatic carbocycles. The molecular weight excluding hydrogens is 236 g/mol. The zero-order valence-electron chi connectivity index (χ0n) is 12.7. The SMILES string of the molecule is C/C(=N\NC(=O)c1ccc(C(C)(C)C)cc1)C(C)C. The normalized spacial score (nSPS) is 12.7. The van der Waals surface area contributed by atoms with Crippen LogP contribution in [0, 0.1) is 5.92 Å². The van der Waals surface area contributed by atoms with Gasteiger partial charge < -0.3 is 0 Å². The molecule has 0 unspecified atom stereocenters. The number of carbonyl (C=O) groups excluding carboxylic acids is 1. The molecule has 0 saturated heterocycles. The Labute approximate surface area is 116 Å². The summed E-state index contributed by atoms with van der Waals surface area (Å²) in [7, 11) is 0. The van der Waals surface area contributed by atoms with Gasteiger partial charge in [0.15, 0.2) is 0 Å². The van der Waals surface area contributed by atoms with Crippen molar-refractivity contribution in [3.05, 3.63) is 35.4 Å². The van der Waals surface area contributed by atoms with Gasteiger partial charge in [-0.15, -0.1) is 0 Å². The van der Waals surface area contributed by atoms with Crippen LogP contribution in [0.2, 0.25) is 0 Å². The number of benzene rings is 1. The fourth-order valence-corrected chi connectivity index (χ4v) is 1.45. The summed E-state index contributed by atoms with van der Waals surface area (Å²) >= 11 is 0. The van der Waals surface area contributed by atoms with Crippen molar-refractivity contribution >= 4 is 11.6 Å². The molecule has 0 aromatic heterocycles. The molecule has 1 amide bonds. The van der Waals surface area contributed by atoms with E-state index in [2.05, 4.69) is 31.3 Å². The van der Waals surface area contributed by atoms with Crippen LogP contribution in [0.25, 0.3) is 0 Å². The average Bonchev–Trinajstić information content (AvgIpc) is 2.34. The standard InChI is InChI=1S/C16H24N2O/c1-11(2)12(3)17-18-15(19)13-7-9-14(10-8-13)16(4,5)6/h7-11H,1-6H3,(H,18,19)/b17-12+. The number of hydrazone groups is 1. The van der Waals surface area contributed by atoms with Gasteiger partial charge in [0, 0.05) is 11.3 Å². The average molecular weight is 260 g/mol. The van der Waals surface area contributed by atoms with Gasteiger partial charge in [0.05, 0.1) is 0 Å². The smallest absolute Gasteiger partial charge is 0.267 e. The molecule has 0 fully saturated rings. The number of hydrogen-bond acceptors (Lipinski definition) is 2. The predicted molar refractivity (Wildman–Crippen MR) is 80.6 cm³/mol. The Kier molecular flexibility index (Phi) is 4.87. The Hall–Kier alpha value is -1.64. The van der Waals surface area contributed by atoms with Crippen molar-refractivity contribution in [3.8, 4) is 0 Å². The summed E-state index contributed by atoms with van der Waals surface area (Å²) in [5, 5.41) is 4.09. The minimum atomic E-state index is -0.166. The minimum Gasteiger partial charge on any atom is -0.267 e. The molecule has 1 aromatic rings. The maximum absolute atomic E-state index is 11.9. The molecule has 0 aliphatic carbocycles. The van der Waals surface area contributed by atoms with E-state index in [9.17, 15) is 4.79 Å². The van der Waals surface area contributed by atoms with E-state index in [0.717, 1.165) is 5.71 Å². The molecule has 0 aliphatic heterocycles. The van der Waals surface area contributed by atoms with Gasteiger partial charge in [-0.25, -0.2) is 5.43 Å². The molecule has 3 nitrogen and oxygen atoms in total. The lowest BCUT2D eigenvalue weighted by Gasteiger charge is -2.18. The second kappa shape index (κ2) is 6.00. The summed E-state index contributed by atoms with van der Waals surface area (Å²) in [5.41, 5.74) is 5.45.